The van der Waals surface area contributed by atoms with Gasteiger partial charge in [0, 0.05) is 18.3 Å². The molecule has 1 amide bonds. The monoisotopic (exact) mass is 321 g/mol. The zero-order valence-electron chi connectivity index (χ0n) is 11.4. The standard InChI is InChI=1S/C14H12ClN3O4/c15-10-5-6-13(17-9-10)22-8-7-16-14(19)11-3-1-2-4-12(11)18(20)21/h1-6,9H,7-8H2,(H,16,19). The minimum Gasteiger partial charge on any atom is -0.476 e. The van der Waals surface area contributed by atoms with Crippen LogP contribution >= 0.6 is 11.6 Å². The molecule has 2 aromatic rings. The van der Waals surface area contributed by atoms with E-state index in [2.05, 4.69) is 10.3 Å². The maximum atomic E-state index is 11.9. The quantitative estimate of drug-likeness (QED) is 0.501. The van der Waals surface area contributed by atoms with Crippen LogP contribution < -0.4 is 10.1 Å². The van der Waals surface area contributed by atoms with Crippen LogP contribution in [0.15, 0.2) is 42.6 Å². The Balaban J connectivity index is 1.86. The second-order valence-electron chi connectivity index (χ2n) is 4.19. The lowest BCUT2D eigenvalue weighted by Crippen LogP contribution is -2.28. The Morgan fingerprint density at radius 1 is 1.32 bits per heavy atom. The van der Waals surface area contributed by atoms with Crippen LogP contribution in [0.4, 0.5) is 5.69 Å². The number of hydrogen-bond donors (Lipinski definition) is 1. The van der Waals surface area contributed by atoms with Gasteiger partial charge in [-0.1, -0.05) is 23.7 Å². The Kier molecular flexibility index (Phi) is 5.26. The SMILES string of the molecule is O=C(NCCOc1ccc(Cl)cn1)c1ccccc1[N+](=O)[O-]. The molecule has 22 heavy (non-hydrogen) atoms. The van der Waals surface area contributed by atoms with Crippen molar-refractivity contribution >= 4 is 23.2 Å². The summed E-state index contributed by atoms with van der Waals surface area (Å²) in [5.74, 6) is -0.149. The van der Waals surface area contributed by atoms with Gasteiger partial charge in [-0.25, -0.2) is 4.98 Å². The third kappa shape index (κ3) is 4.16. The number of para-hydroxylation sites is 1. The molecule has 1 aromatic heterocycles. The minimum absolute atomic E-state index is 0.0112. The summed E-state index contributed by atoms with van der Waals surface area (Å²) < 4.78 is 5.31. The molecule has 1 heterocycles. The van der Waals surface area contributed by atoms with Crippen molar-refractivity contribution in [2.75, 3.05) is 13.2 Å². The van der Waals surface area contributed by atoms with E-state index in [0.29, 0.717) is 10.9 Å². The van der Waals surface area contributed by atoms with Gasteiger partial charge in [-0.2, -0.15) is 0 Å². The summed E-state index contributed by atoms with van der Waals surface area (Å²) in [6.07, 6.45) is 1.45. The fraction of sp³-hybridized carbons (Fsp3) is 0.143. The smallest absolute Gasteiger partial charge is 0.282 e. The Morgan fingerprint density at radius 2 is 2.09 bits per heavy atom. The molecule has 114 valence electrons. The van der Waals surface area contributed by atoms with Crippen molar-refractivity contribution in [1.29, 1.82) is 0 Å². The number of carbonyl (C=O) groups is 1. The number of nitrogens with zero attached hydrogens (tertiary/aromatic N) is 2. The number of aromatic nitrogens is 1. The summed E-state index contributed by atoms with van der Waals surface area (Å²) in [4.78, 5) is 26.1. The molecule has 0 aliphatic rings. The van der Waals surface area contributed by atoms with Crippen molar-refractivity contribution in [1.82, 2.24) is 10.3 Å². The van der Waals surface area contributed by atoms with E-state index in [9.17, 15) is 14.9 Å². The maximum absolute atomic E-state index is 11.9. The van der Waals surface area contributed by atoms with Crippen molar-refractivity contribution in [2.24, 2.45) is 0 Å². The Morgan fingerprint density at radius 3 is 2.77 bits per heavy atom. The Hall–Kier alpha value is -2.67. The van der Waals surface area contributed by atoms with Crippen molar-refractivity contribution in [3.8, 4) is 5.88 Å². The highest BCUT2D eigenvalue weighted by Crippen LogP contribution is 2.17. The first kappa shape index (κ1) is 15.7. The molecule has 0 saturated heterocycles. The predicted octanol–water partition coefficient (Wildman–Crippen LogP) is 2.45. The molecule has 0 unspecified atom stereocenters. The minimum atomic E-state index is -0.594. The van der Waals surface area contributed by atoms with Crippen LogP contribution in [0.1, 0.15) is 10.4 Å². The second-order valence-corrected chi connectivity index (χ2v) is 4.63. The molecule has 2 rings (SSSR count). The Bertz CT molecular complexity index is 676. The lowest BCUT2D eigenvalue weighted by Gasteiger charge is -2.07. The van der Waals surface area contributed by atoms with Crippen molar-refractivity contribution in [3.63, 3.8) is 0 Å². The fourth-order valence-electron chi connectivity index (χ4n) is 1.69. The lowest BCUT2D eigenvalue weighted by molar-refractivity contribution is -0.385. The molecule has 0 fully saturated rings. The highest BCUT2D eigenvalue weighted by molar-refractivity contribution is 6.30. The van der Waals surface area contributed by atoms with E-state index in [0.717, 1.165) is 0 Å². The highest BCUT2D eigenvalue weighted by atomic mass is 35.5. The molecule has 0 aliphatic heterocycles. The van der Waals surface area contributed by atoms with Gasteiger partial charge in [0.15, 0.2) is 0 Å². The number of halogens is 1. The number of nitro benzene ring substituents is 1. The van der Waals surface area contributed by atoms with Crippen molar-refractivity contribution < 1.29 is 14.5 Å². The van der Waals surface area contributed by atoms with Crippen LogP contribution in [-0.4, -0.2) is 29.0 Å². The predicted molar refractivity (Wildman–Crippen MR) is 80.2 cm³/mol. The third-order valence-corrected chi connectivity index (χ3v) is 2.91. The first-order chi connectivity index (χ1) is 10.6. The molecule has 7 nitrogen and oxygen atoms in total. The summed E-state index contributed by atoms with van der Waals surface area (Å²) in [6, 6.07) is 8.99. The number of benzene rings is 1. The van der Waals surface area contributed by atoms with Gasteiger partial charge < -0.3 is 10.1 Å². The van der Waals surface area contributed by atoms with Crippen LogP contribution in [0, 0.1) is 10.1 Å². The van der Waals surface area contributed by atoms with Crippen LogP contribution in [0.25, 0.3) is 0 Å². The van der Waals surface area contributed by atoms with Crippen molar-refractivity contribution in [2.45, 2.75) is 0 Å². The summed E-state index contributed by atoms with van der Waals surface area (Å²) >= 11 is 5.69. The summed E-state index contributed by atoms with van der Waals surface area (Å²) in [5, 5.41) is 13.9. The molecule has 0 atom stereocenters. The molecule has 0 radical (unpaired) electrons. The van der Waals surface area contributed by atoms with Gasteiger partial charge in [-0.05, 0) is 12.1 Å². The van der Waals surface area contributed by atoms with Gasteiger partial charge >= 0.3 is 0 Å². The highest BCUT2D eigenvalue weighted by Gasteiger charge is 2.18. The number of carbonyl (C=O) groups excluding carboxylic acids is 1. The first-order valence-electron chi connectivity index (χ1n) is 6.34. The summed E-state index contributed by atoms with van der Waals surface area (Å²) in [6.45, 7) is 0.371. The molecular formula is C14H12ClN3O4. The molecule has 0 saturated carbocycles. The molecule has 8 heteroatoms. The average molecular weight is 322 g/mol. The number of rotatable bonds is 6. The van der Waals surface area contributed by atoms with E-state index in [-0.39, 0.29) is 24.4 Å². The van der Waals surface area contributed by atoms with Gasteiger partial charge in [0.05, 0.1) is 16.5 Å². The first-order valence-corrected chi connectivity index (χ1v) is 6.71. The molecule has 1 aromatic carbocycles. The fourth-order valence-corrected chi connectivity index (χ4v) is 1.80. The molecule has 0 aliphatic carbocycles. The lowest BCUT2D eigenvalue weighted by atomic mass is 10.1. The van der Waals surface area contributed by atoms with Gasteiger partial charge in [-0.15, -0.1) is 0 Å². The third-order valence-electron chi connectivity index (χ3n) is 2.68. The normalized spacial score (nSPS) is 10.0. The molecule has 0 bridgehead atoms. The van der Waals surface area contributed by atoms with Gasteiger partial charge in [0.1, 0.15) is 12.2 Å². The number of nitrogens with one attached hydrogen (secondary N) is 1. The van der Waals surface area contributed by atoms with E-state index in [1.807, 2.05) is 0 Å². The largest absolute Gasteiger partial charge is 0.476 e. The topological polar surface area (TPSA) is 94.4 Å². The maximum Gasteiger partial charge on any atom is 0.282 e. The number of hydrogen-bond acceptors (Lipinski definition) is 5. The van der Waals surface area contributed by atoms with E-state index < -0.39 is 10.8 Å². The van der Waals surface area contributed by atoms with E-state index in [4.69, 9.17) is 16.3 Å². The zero-order valence-corrected chi connectivity index (χ0v) is 12.1. The van der Waals surface area contributed by atoms with E-state index in [1.165, 1.54) is 24.4 Å². The van der Waals surface area contributed by atoms with Crippen molar-refractivity contribution in [3.05, 3.63) is 63.3 Å². The summed E-state index contributed by atoms with van der Waals surface area (Å²) in [7, 11) is 0. The molecule has 1 N–H and O–H groups in total. The molecular weight excluding hydrogens is 310 g/mol. The number of amides is 1. The molecule has 0 spiro atoms. The van der Waals surface area contributed by atoms with Crippen LogP contribution in [0.5, 0.6) is 5.88 Å². The van der Waals surface area contributed by atoms with Gasteiger partial charge in [-0.3, -0.25) is 14.9 Å². The number of ether oxygens (including phenoxy) is 1. The second kappa shape index (κ2) is 7.37. The Labute approximate surface area is 131 Å². The number of pyridine rings is 1. The van der Waals surface area contributed by atoms with Crippen LogP contribution in [0.2, 0.25) is 5.02 Å². The van der Waals surface area contributed by atoms with Gasteiger partial charge in [0.2, 0.25) is 5.88 Å². The van der Waals surface area contributed by atoms with Crippen LogP contribution in [-0.2, 0) is 0 Å². The number of nitro groups is 1. The van der Waals surface area contributed by atoms with Crippen LogP contribution in [0.3, 0.4) is 0 Å². The zero-order chi connectivity index (χ0) is 15.9. The average Bonchev–Trinajstić information content (AvgIpc) is 2.53. The van der Waals surface area contributed by atoms with E-state index >= 15 is 0 Å². The van der Waals surface area contributed by atoms with E-state index in [1.54, 1.807) is 18.2 Å². The van der Waals surface area contributed by atoms with Gasteiger partial charge in [0.25, 0.3) is 11.6 Å². The summed E-state index contributed by atoms with van der Waals surface area (Å²) in [5.41, 5.74) is -0.225.